The van der Waals surface area contributed by atoms with Crippen molar-refractivity contribution >= 4 is 11.8 Å². The molecule has 0 radical (unpaired) electrons. The Morgan fingerprint density at radius 2 is 1.03 bits per heavy atom. The summed E-state index contributed by atoms with van der Waals surface area (Å²) in [5.74, 6) is -0.473. The fraction of sp³-hybridized carbons (Fsp3) is 0.958. The lowest BCUT2D eigenvalue weighted by Gasteiger charge is -2.42. The number of rotatable bonds is 40. The van der Waals surface area contributed by atoms with Crippen LogP contribution >= 0.6 is 0 Å². The third kappa shape index (κ3) is 27.6. The summed E-state index contributed by atoms with van der Waals surface area (Å²) in [7, 11) is 0. The van der Waals surface area contributed by atoms with Crippen LogP contribution in [0.2, 0.25) is 0 Å². The molecule has 1 heterocycles. The monoisotopic (exact) mass is 859 g/mol. The van der Waals surface area contributed by atoms with Gasteiger partial charge in [-0.25, -0.2) is 0 Å². The van der Waals surface area contributed by atoms with Crippen molar-refractivity contribution in [3.05, 3.63) is 0 Å². The maximum Gasteiger partial charge on any atom is 0.249 e. The third-order valence-corrected chi connectivity index (χ3v) is 12.2. The van der Waals surface area contributed by atoms with Gasteiger partial charge in [0.1, 0.15) is 36.6 Å². The van der Waals surface area contributed by atoms with Crippen molar-refractivity contribution in [2.75, 3.05) is 13.2 Å². The van der Waals surface area contributed by atoms with E-state index in [0.29, 0.717) is 19.3 Å². The van der Waals surface area contributed by atoms with Gasteiger partial charge in [-0.05, 0) is 18.8 Å². The van der Waals surface area contributed by atoms with Crippen LogP contribution in [0.4, 0.5) is 0 Å². The standard InChI is InChI=1S/C48H94N2O10/c1-5-6-7-8-9-10-11-12-13-14-15-16-17-18-19-20-25-28-31-34-41(54)47(58)50-39(36-59-48-43(49-38(4)52)46(57)45(56)42(35-51)60-48)44(55)40(53)33-30-27-24-22-21-23-26-29-32-37(2)3/h37,39-46,48,51,53-57H,5-36H2,1-4H3,(H,49,52)(H,50,58)/t39-,40+,41+,42+,43+,44-,45+,46+,48+/m0/s1. The molecule has 60 heavy (non-hydrogen) atoms. The van der Waals surface area contributed by atoms with Gasteiger partial charge in [-0.1, -0.05) is 201 Å². The van der Waals surface area contributed by atoms with E-state index in [-0.39, 0.29) is 6.42 Å². The molecule has 0 aromatic heterocycles. The molecule has 0 aromatic carbocycles. The maximum atomic E-state index is 13.2. The minimum atomic E-state index is -1.53. The van der Waals surface area contributed by atoms with Gasteiger partial charge in [-0.2, -0.15) is 0 Å². The molecule has 8 N–H and O–H groups in total. The van der Waals surface area contributed by atoms with Gasteiger partial charge in [0.2, 0.25) is 11.8 Å². The summed E-state index contributed by atoms with van der Waals surface area (Å²) in [6.07, 6.45) is 24.9. The first-order valence-electron chi connectivity index (χ1n) is 24.8. The Labute approximate surface area is 365 Å². The molecule has 0 bridgehead atoms. The number of nitrogens with one attached hydrogen (secondary N) is 2. The molecule has 0 spiro atoms. The second-order valence-corrected chi connectivity index (χ2v) is 18.4. The second kappa shape index (κ2) is 37.0. The average molecular weight is 859 g/mol. The van der Waals surface area contributed by atoms with E-state index >= 15 is 0 Å². The Morgan fingerprint density at radius 3 is 1.45 bits per heavy atom. The Morgan fingerprint density at radius 1 is 0.617 bits per heavy atom. The number of ether oxygens (including phenoxy) is 2. The summed E-state index contributed by atoms with van der Waals surface area (Å²) < 4.78 is 11.6. The third-order valence-electron chi connectivity index (χ3n) is 12.2. The number of hydrogen-bond acceptors (Lipinski definition) is 10. The fourth-order valence-electron chi connectivity index (χ4n) is 8.27. The minimum Gasteiger partial charge on any atom is -0.394 e. The molecular formula is C48H94N2O10. The van der Waals surface area contributed by atoms with Gasteiger partial charge in [-0.3, -0.25) is 9.59 Å². The zero-order chi connectivity index (χ0) is 44.4. The highest BCUT2D eigenvalue weighted by Crippen LogP contribution is 2.24. The largest absolute Gasteiger partial charge is 0.394 e. The lowest BCUT2D eigenvalue weighted by atomic mass is 9.96. The number of aliphatic hydroxyl groups excluding tert-OH is 6. The Hall–Kier alpha value is -1.38. The molecule has 1 aliphatic heterocycles. The van der Waals surface area contributed by atoms with Crippen molar-refractivity contribution in [1.29, 1.82) is 0 Å². The van der Waals surface area contributed by atoms with E-state index in [2.05, 4.69) is 31.4 Å². The number of aliphatic hydroxyl groups is 6. The van der Waals surface area contributed by atoms with Gasteiger partial charge >= 0.3 is 0 Å². The SMILES string of the molecule is CCCCCCCCCCCCCCCCCCCCC[C@@H](O)C(=O)N[C@@H](CO[C@@H]1O[C@H](CO)[C@@H](O)[C@H](O)[C@H]1NC(C)=O)[C@H](O)[C@H](O)CCCCCCCCCCC(C)C. The van der Waals surface area contributed by atoms with Crippen molar-refractivity contribution in [3.63, 3.8) is 0 Å². The zero-order valence-electron chi connectivity index (χ0n) is 38.7. The van der Waals surface area contributed by atoms with Gasteiger partial charge in [-0.15, -0.1) is 0 Å². The number of hydrogen-bond donors (Lipinski definition) is 8. The number of amides is 2. The zero-order valence-corrected chi connectivity index (χ0v) is 38.7. The van der Waals surface area contributed by atoms with E-state index in [1.807, 2.05) is 0 Å². The Bertz CT molecular complexity index is 1020. The van der Waals surface area contributed by atoms with Crippen LogP contribution in [0.25, 0.3) is 0 Å². The van der Waals surface area contributed by atoms with E-state index in [0.717, 1.165) is 44.4 Å². The Balaban J connectivity index is 2.52. The predicted molar refractivity (Wildman–Crippen MR) is 240 cm³/mol. The van der Waals surface area contributed by atoms with E-state index in [1.54, 1.807) is 0 Å². The van der Waals surface area contributed by atoms with Crippen LogP contribution in [0, 0.1) is 5.92 Å². The molecule has 0 aromatic rings. The van der Waals surface area contributed by atoms with Crippen molar-refractivity contribution < 1.29 is 49.7 Å². The van der Waals surface area contributed by atoms with Crippen LogP contribution in [-0.4, -0.2) is 111 Å². The summed E-state index contributed by atoms with van der Waals surface area (Å²) in [4.78, 5) is 25.1. The van der Waals surface area contributed by atoms with E-state index in [4.69, 9.17) is 9.47 Å². The molecular weight excluding hydrogens is 765 g/mol. The maximum absolute atomic E-state index is 13.2. The van der Waals surface area contributed by atoms with Gasteiger partial charge < -0.3 is 50.7 Å². The highest BCUT2D eigenvalue weighted by molar-refractivity contribution is 5.80. The predicted octanol–water partition coefficient (Wildman–Crippen LogP) is 7.89. The van der Waals surface area contributed by atoms with Crippen molar-refractivity contribution in [3.8, 4) is 0 Å². The van der Waals surface area contributed by atoms with Crippen molar-refractivity contribution in [2.45, 2.75) is 275 Å². The van der Waals surface area contributed by atoms with Gasteiger partial charge in [0.25, 0.3) is 0 Å². The lowest BCUT2D eigenvalue weighted by Crippen LogP contribution is -2.65. The first-order chi connectivity index (χ1) is 28.9. The summed E-state index contributed by atoms with van der Waals surface area (Å²) in [6.45, 7) is 6.96. The molecule has 12 nitrogen and oxygen atoms in total. The molecule has 2 amide bonds. The smallest absolute Gasteiger partial charge is 0.249 e. The summed E-state index contributed by atoms with van der Waals surface area (Å²) in [6, 6.07) is -2.38. The van der Waals surface area contributed by atoms with E-state index < -0.39 is 80.0 Å². The molecule has 1 aliphatic rings. The van der Waals surface area contributed by atoms with Crippen LogP contribution in [0.15, 0.2) is 0 Å². The van der Waals surface area contributed by atoms with Gasteiger partial charge in [0.15, 0.2) is 6.29 Å². The Kier molecular flexibility index (Phi) is 35.0. The van der Waals surface area contributed by atoms with Gasteiger partial charge in [0, 0.05) is 6.92 Å². The first-order valence-corrected chi connectivity index (χ1v) is 24.8. The summed E-state index contributed by atoms with van der Waals surface area (Å²) in [5, 5.41) is 69.0. The van der Waals surface area contributed by atoms with Crippen molar-refractivity contribution in [1.82, 2.24) is 10.6 Å². The molecule has 9 atom stereocenters. The topological polar surface area (TPSA) is 198 Å². The quantitative estimate of drug-likeness (QED) is 0.0281. The van der Waals surface area contributed by atoms with Crippen LogP contribution in [0.3, 0.4) is 0 Å². The minimum absolute atomic E-state index is 0.257. The average Bonchev–Trinajstić information content (AvgIpc) is 3.22. The number of unbranched alkanes of at least 4 members (excludes halogenated alkanes) is 25. The highest BCUT2D eigenvalue weighted by Gasteiger charge is 2.46. The second-order valence-electron chi connectivity index (χ2n) is 18.4. The van der Waals surface area contributed by atoms with Crippen LogP contribution in [-0.2, 0) is 19.1 Å². The van der Waals surface area contributed by atoms with Crippen LogP contribution < -0.4 is 10.6 Å². The highest BCUT2D eigenvalue weighted by atomic mass is 16.7. The number of carbonyl (C=O) groups is 2. The molecule has 356 valence electrons. The first kappa shape index (κ1) is 56.6. The lowest BCUT2D eigenvalue weighted by molar-refractivity contribution is -0.272. The molecule has 1 rings (SSSR count). The van der Waals surface area contributed by atoms with E-state index in [9.17, 15) is 40.2 Å². The molecule has 0 unspecified atom stereocenters. The normalized spacial score (nSPS) is 21.5. The number of carbonyl (C=O) groups excluding carboxylic acids is 2. The van der Waals surface area contributed by atoms with Crippen molar-refractivity contribution in [2.24, 2.45) is 5.92 Å². The molecule has 0 aliphatic carbocycles. The molecule has 12 heteroatoms. The molecule has 0 saturated carbocycles. The van der Waals surface area contributed by atoms with Gasteiger partial charge in [0.05, 0.1) is 25.4 Å². The van der Waals surface area contributed by atoms with Crippen LogP contribution in [0.1, 0.15) is 220 Å². The molecule has 1 saturated heterocycles. The summed E-state index contributed by atoms with van der Waals surface area (Å²) >= 11 is 0. The molecule has 1 fully saturated rings. The van der Waals surface area contributed by atoms with Crippen LogP contribution in [0.5, 0.6) is 0 Å². The van der Waals surface area contributed by atoms with E-state index in [1.165, 1.54) is 135 Å². The summed E-state index contributed by atoms with van der Waals surface area (Å²) in [5.41, 5.74) is 0. The fourth-order valence-corrected chi connectivity index (χ4v) is 8.27.